The van der Waals surface area contributed by atoms with Crippen LogP contribution in [0.4, 0.5) is 0 Å². The smallest absolute Gasteiger partial charge is 0.294 e. The number of phenolic OH excluding ortho intramolecular Hbond substituents is 2. The molecule has 0 amide bonds. The summed E-state index contributed by atoms with van der Waals surface area (Å²) in [7, 11) is -9.45. The molecule has 25 heavy (non-hydrogen) atoms. The first-order valence-electron chi connectivity index (χ1n) is 6.86. The van der Waals surface area contributed by atoms with Crippen LogP contribution in [0.5, 0.6) is 11.5 Å². The van der Waals surface area contributed by atoms with Crippen LogP contribution < -0.4 is 0 Å². The lowest BCUT2D eigenvalue weighted by Gasteiger charge is -2.29. The fraction of sp³-hybridized carbons (Fsp3) is 0.200. The van der Waals surface area contributed by atoms with Gasteiger partial charge in [-0.1, -0.05) is 26.0 Å². The van der Waals surface area contributed by atoms with E-state index in [0.717, 1.165) is 12.1 Å². The van der Waals surface area contributed by atoms with Gasteiger partial charge >= 0.3 is 0 Å². The van der Waals surface area contributed by atoms with Crippen molar-refractivity contribution in [1.29, 1.82) is 0 Å². The molecular formula is C15H16O8S2. The molecule has 2 rings (SSSR count). The zero-order valence-electron chi connectivity index (χ0n) is 13.2. The fourth-order valence-electron chi connectivity index (χ4n) is 2.63. The van der Waals surface area contributed by atoms with Gasteiger partial charge in [-0.2, -0.15) is 16.8 Å². The molecule has 0 heterocycles. The maximum Gasteiger partial charge on any atom is 0.294 e. The van der Waals surface area contributed by atoms with E-state index in [1.54, 1.807) is 0 Å². The Bertz CT molecular complexity index is 954. The van der Waals surface area contributed by atoms with Crippen LogP contribution in [0.1, 0.15) is 25.0 Å². The Kier molecular flexibility index (Phi) is 4.60. The summed E-state index contributed by atoms with van der Waals surface area (Å²) in [5.41, 5.74) is -1.36. The summed E-state index contributed by atoms with van der Waals surface area (Å²) in [6.45, 7) is 2.93. The highest BCUT2D eigenvalue weighted by Crippen LogP contribution is 2.40. The van der Waals surface area contributed by atoms with Crippen LogP contribution in [-0.4, -0.2) is 36.2 Å². The Balaban J connectivity index is 2.87. The first kappa shape index (κ1) is 19.2. The third kappa shape index (κ3) is 3.76. The number of benzene rings is 2. The number of aromatic hydroxyl groups is 2. The molecule has 0 aromatic heterocycles. The van der Waals surface area contributed by atoms with E-state index in [9.17, 15) is 36.2 Å². The van der Waals surface area contributed by atoms with Gasteiger partial charge in [0.05, 0.1) is 0 Å². The van der Waals surface area contributed by atoms with Crippen molar-refractivity contribution in [2.24, 2.45) is 0 Å². The predicted molar refractivity (Wildman–Crippen MR) is 88.0 cm³/mol. The lowest BCUT2D eigenvalue weighted by molar-refractivity contribution is 0.456. The molecule has 0 aliphatic heterocycles. The highest BCUT2D eigenvalue weighted by atomic mass is 32.2. The minimum Gasteiger partial charge on any atom is -0.508 e. The van der Waals surface area contributed by atoms with Gasteiger partial charge in [0.15, 0.2) is 0 Å². The highest BCUT2D eigenvalue weighted by Gasteiger charge is 2.34. The van der Waals surface area contributed by atoms with Gasteiger partial charge < -0.3 is 10.2 Å². The summed E-state index contributed by atoms with van der Waals surface area (Å²) < 4.78 is 65.5. The molecule has 0 saturated carbocycles. The second kappa shape index (κ2) is 5.99. The monoisotopic (exact) mass is 388 g/mol. The Labute approximate surface area is 144 Å². The van der Waals surface area contributed by atoms with Crippen LogP contribution in [0, 0.1) is 0 Å². The minimum absolute atomic E-state index is 0.0108. The van der Waals surface area contributed by atoms with Crippen LogP contribution in [0.15, 0.2) is 46.2 Å². The van der Waals surface area contributed by atoms with Crippen LogP contribution in [0.3, 0.4) is 0 Å². The second-order valence-electron chi connectivity index (χ2n) is 5.94. The van der Waals surface area contributed by atoms with Crippen molar-refractivity contribution in [3.05, 3.63) is 47.5 Å². The van der Waals surface area contributed by atoms with E-state index in [1.807, 2.05) is 0 Å². The van der Waals surface area contributed by atoms with E-state index in [1.165, 1.54) is 38.1 Å². The average Bonchev–Trinajstić information content (AvgIpc) is 2.44. The number of phenols is 2. The summed E-state index contributed by atoms with van der Waals surface area (Å²) >= 11 is 0. The van der Waals surface area contributed by atoms with E-state index in [0.29, 0.717) is 0 Å². The molecule has 2 aromatic rings. The van der Waals surface area contributed by atoms with E-state index in [4.69, 9.17) is 0 Å². The Morgan fingerprint density at radius 3 is 1.32 bits per heavy atom. The van der Waals surface area contributed by atoms with E-state index < -0.39 is 46.9 Å². The summed E-state index contributed by atoms with van der Waals surface area (Å²) in [5, 5.41) is 19.0. The lowest BCUT2D eigenvalue weighted by Crippen LogP contribution is -2.25. The maximum absolute atomic E-state index is 11.7. The van der Waals surface area contributed by atoms with Gasteiger partial charge in [-0.15, -0.1) is 0 Å². The third-order valence-electron chi connectivity index (χ3n) is 3.83. The molecule has 0 bridgehead atoms. The van der Waals surface area contributed by atoms with Gasteiger partial charge in [0.2, 0.25) is 0 Å². The molecule has 4 N–H and O–H groups in total. The van der Waals surface area contributed by atoms with Crippen LogP contribution >= 0.6 is 0 Å². The van der Waals surface area contributed by atoms with E-state index in [-0.39, 0.29) is 11.1 Å². The van der Waals surface area contributed by atoms with Crippen molar-refractivity contribution >= 4 is 20.2 Å². The summed E-state index contributed by atoms with van der Waals surface area (Å²) in [5.74, 6) is -0.819. The summed E-state index contributed by atoms with van der Waals surface area (Å²) in [4.78, 5) is -1.21. The molecule has 10 heteroatoms. The van der Waals surface area contributed by atoms with Gasteiger partial charge in [0.1, 0.15) is 21.3 Å². The van der Waals surface area contributed by atoms with Crippen molar-refractivity contribution < 1.29 is 36.2 Å². The quantitative estimate of drug-likeness (QED) is 0.580. The molecule has 8 nitrogen and oxygen atoms in total. The Morgan fingerprint density at radius 1 is 0.720 bits per heavy atom. The van der Waals surface area contributed by atoms with E-state index in [2.05, 4.69) is 0 Å². The zero-order valence-corrected chi connectivity index (χ0v) is 14.8. The van der Waals surface area contributed by atoms with Gasteiger partial charge in [-0.05, 0) is 23.3 Å². The lowest BCUT2D eigenvalue weighted by atomic mass is 9.78. The molecule has 136 valence electrons. The predicted octanol–water partition coefficient (Wildman–Crippen LogP) is 1.92. The number of hydrogen-bond acceptors (Lipinski definition) is 6. The van der Waals surface area contributed by atoms with Crippen molar-refractivity contribution in [1.82, 2.24) is 0 Å². The third-order valence-corrected chi connectivity index (χ3v) is 5.62. The molecule has 0 unspecified atom stereocenters. The van der Waals surface area contributed by atoms with E-state index >= 15 is 0 Å². The normalized spacial score (nSPS) is 13.0. The van der Waals surface area contributed by atoms with Gasteiger partial charge in [-0.3, -0.25) is 9.11 Å². The first-order chi connectivity index (χ1) is 11.2. The minimum atomic E-state index is -4.72. The molecule has 0 atom stereocenters. The topological polar surface area (TPSA) is 149 Å². The second-order valence-corrected chi connectivity index (χ2v) is 8.72. The van der Waals surface area contributed by atoms with Gasteiger partial charge in [-0.25, -0.2) is 0 Å². The molecule has 0 saturated heterocycles. The van der Waals surface area contributed by atoms with Crippen LogP contribution in [0.25, 0.3) is 0 Å². The van der Waals surface area contributed by atoms with Crippen LogP contribution in [0.2, 0.25) is 0 Å². The SMILES string of the molecule is CC(C)(c1ccc(O)cc1S(=O)(=O)O)c1ccc(O)cc1S(=O)(=O)O. The average molecular weight is 388 g/mol. The standard InChI is InChI=1S/C15H16O8S2/c1-15(2,11-5-3-9(16)7-13(11)24(18,19)20)12-6-4-10(17)8-14(12)25(21,22)23/h3-8,16-17H,1-2H3,(H,18,19,20)(H,21,22,23). The van der Waals surface area contributed by atoms with Crippen LogP contribution in [-0.2, 0) is 25.7 Å². The number of hydrogen-bond donors (Lipinski definition) is 4. The molecule has 0 radical (unpaired) electrons. The molecule has 2 aromatic carbocycles. The van der Waals surface area contributed by atoms with Gasteiger partial charge in [0, 0.05) is 17.5 Å². The number of rotatable bonds is 4. The first-order valence-corrected chi connectivity index (χ1v) is 9.74. The molecule has 0 fully saturated rings. The molecule has 0 aliphatic carbocycles. The van der Waals surface area contributed by atoms with Crippen molar-refractivity contribution in [3.8, 4) is 11.5 Å². The van der Waals surface area contributed by atoms with Crippen molar-refractivity contribution in [2.75, 3.05) is 0 Å². The highest BCUT2D eigenvalue weighted by molar-refractivity contribution is 7.86. The van der Waals surface area contributed by atoms with Crippen molar-refractivity contribution in [3.63, 3.8) is 0 Å². The maximum atomic E-state index is 11.7. The molecule has 0 aliphatic rings. The summed E-state index contributed by atoms with van der Waals surface area (Å²) in [6.07, 6.45) is 0. The Morgan fingerprint density at radius 2 is 1.04 bits per heavy atom. The van der Waals surface area contributed by atoms with Crippen molar-refractivity contribution in [2.45, 2.75) is 29.1 Å². The summed E-state index contributed by atoms with van der Waals surface area (Å²) in [6, 6.07) is 6.47. The van der Waals surface area contributed by atoms with Gasteiger partial charge in [0.25, 0.3) is 20.2 Å². The Hall–Kier alpha value is -2.14. The largest absolute Gasteiger partial charge is 0.508 e. The fourth-order valence-corrected chi connectivity index (χ4v) is 4.37. The molecular weight excluding hydrogens is 372 g/mol. The zero-order chi connectivity index (χ0) is 19.2. The molecule has 0 spiro atoms.